The number of aromatic nitrogens is 4. The lowest BCUT2D eigenvalue weighted by Crippen LogP contribution is -2.44. The molecule has 1 saturated carbocycles. The Kier molecular flexibility index (Phi) is 12.9. The minimum atomic E-state index is -0.687. The highest BCUT2D eigenvalue weighted by Gasteiger charge is 2.41. The predicted molar refractivity (Wildman–Crippen MR) is 263 cm³/mol. The average Bonchev–Trinajstić information content (AvgIpc) is 3.66. The molecule has 4 unspecified atom stereocenters. The first-order valence-electron chi connectivity index (χ1n) is 24.4. The van der Waals surface area contributed by atoms with Gasteiger partial charge in [-0.1, -0.05) is 32.0 Å². The Labute approximate surface area is 397 Å². The zero-order valence-corrected chi connectivity index (χ0v) is 39.7. The van der Waals surface area contributed by atoms with Gasteiger partial charge in [-0.05, 0) is 104 Å². The van der Waals surface area contributed by atoms with Crippen molar-refractivity contribution in [3.63, 3.8) is 0 Å². The number of aldehydes is 2. The van der Waals surface area contributed by atoms with Crippen molar-refractivity contribution in [2.24, 2.45) is 11.0 Å². The van der Waals surface area contributed by atoms with Gasteiger partial charge in [0.1, 0.15) is 42.1 Å². The van der Waals surface area contributed by atoms with Crippen LogP contribution in [0.3, 0.4) is 0 Å². The SMILES string of the molecule is C/C=N\Nc1ccc(C)c(-c2c(C3CC3)cc3c(N4CC5CC4CN5)nc(OC4CCOCC4)nc3c2OCc2ccc(-c3cn(C(C(=O)N4CCCC4C=O)C(C)C)nc3C=O)c(NC)c2)c1. The molecule has 0 radical (unpaired) electrons. The van der Waals surface area contributed by atoms with Crippen LogP contribution in [0.1, 0.15) is 105 Å². The molecule has 356 valence electrons. The van der Waals surface area contributed by atoms with Crippen molar-refractivity contribution in [2.45, 2.75) is 115 Å². The molecule has 5 aromatic rings. The lowest BCUT2D eigenvalue weighted by Gasteiger charge is -2.31. The standard InChI is InChI=1S/C52H62N10O6/c1-6-55-58-34-13-9-31(4)40(22-34)46-41(33-11-12-33)23-42-47(56-52(68-38-15-18-66-19-16-38)57-50(42)61-25-35-21-37(61)24-54-35)49(46)67-29-32-10-14-39(44(20-32)53-5)43-26-62(59-45(43)28-64)48(30(2)3)51(65)60-17-7-8-36(60)27-63/h6,9-10,13-14,20,22-23,26-28,30,33,35-38,48,53-54,58H,7-8,11-12,15-19,21,24-25,29H2,1-5H3/b55-6-. The molecular weight excluding hydrogens is 861 g/mol. The number of likely N-dealkylation sites (tertiary alicyclic amines) is 1. The Morgan fingerprint density at radius 2 is 1.87 bits per heavy atom. The van der Waals surface area contributed by atoms with Gasteiger partial charge in [0, 0.05) is 91.8 Å². The molecule has 10 rings (SSSR count). The number of aryl methyl sites for hydroxylation is 1. The topological polar surface area (TPSA) is 177 Å². The minimum absolute atomic E-state index is 0.0635. The van der Waals surface area contributed by atoms with Crippen LogP contribution in [-0.4, -0.2) is 113 Å². The van der Waals surface area contributed by atoms with Crippen LogP contribution in [0.4, 0.5) is 17.2 Å². The van der Waals surface area contributed by atoms with Crippen LogP contribution < -0.4 is 30.4 Å². The minimum Gasteiger partial charge on any atom is -0.486 e. The van der Waals surface area contributed by atoms with Crippen LogP contribution in [0.5, 0.6) is 11.8 Å². The molecule has 1 aliphatic carbocycles. The predicted octanol–water partition coefficient (Wildman–Crippen LogP) is 7.69. The van der Waals surface area contributed by atoms with Crippen LogP contribution in [0.2, 0.25) is 0 Å². The molecule has 6 heterocycles. The fourth-order valence-corrected chi connectivity index (χ4v) is 10.7. The summed E-state index contributed by atoms with van der Waals surface area (Å²) in [5.41, 5.74) is 12.3. The van der Waals surface area contributed by atoms with E-state index in [-0.39, 0.29) is 30.2 Å². The fourth-order valence-electron chi connectivity index (χ4n) is 10.7. The number of ether oxygens (including phenoxy) is 3. The molecule has 16 nitrogen and oxygen atoms in total. The molecule has 3 N–H and O–H groups in total. The highest BCUT2D eigenvalue weighted by Crippen LogP contribution is 2.52. The molecule has 1 amide bonds. The summed E-state index contributed by atoms with van der Waals surface area (Å²) in [6, 6.07) is 14.6. The van der Waals surface area contributed by atoms with Crippen LogP contribution in [0.25, 0.3) is 33.2 Å². The summed E-state index contributed by atoms with van der Waals surface area (Å²) in [6.07, 6.45) is 11.2. The molecule has 4 atom stereocenters. The smallest absolute Gasteiger partial charge is 0.319 e. The van der Waals surface area contributed by atoms with Crippen LogP contribution in [0, 0.1) is 12.8 Å². The summed E-state index contributed by atoms with van der Waals surface area (Å²) in [7, 11) is 1.85. The number of benzene rings is 3. The van der Waals surface area contributed by atoms with E-state index in [1.807, 2.05) is 52.1 Å². The third-order valence-electron chi connectivity index (χ3n) is 14.4. The van der Waals surface area contributed by atoms with Crippen LogP contribution >= 0.6 is 0 Å². The van der Waals surface area contributed by atoms with Gasteiger partial charge in [-0.2, -0.15) is 20.2 Å². The largest absolute Gasteiger partial charge is 0.486 e. The number of hydrogen-bond donors (Lipinski definition) is 3. The second-order valence-corrected chi connectivity index (χ2v) is 19.3. The zero-order valence-electron chi connectivity index (χ0n) is 39.7. The maximum absolute atomic E-state index is 14.0. The van der Waals surface area contributed by atoms with E-state index < -0.39 is 12.1 Å². The van der Waals surface area contributed by atoms with Gasteiger partial charge in [0.05, 0.1) is 24.9 Å². The first kappa shape index (κ1) is 45.4. The van der Waals surface area contributed by atoms with Crippen molar-refractivity contribution in [1.82, 2.24) is 30.0 Å². The van der Waals surface area contributed by atoms with E-state index in [0.29, 0.717) is 67.0 Å². The van der Waals surface area contributed by atoms with E-state index in [4.69, 9.17) is 24.2 Å². The molecule has 5 aliphatic rings. The number of carbonyl (C=O) groups is 3. The van der Waals surface area contributed by atoms with Gasteiger partial charge >= 0.3 is 6.01 Å². The van der Waals surface area contributed by atoms with Crippen molar-refractivity contribution >= 4 is 52.8 Å². The number of piperazine rings is 1. The second-order valence-electron chi connectivity index (χ2n) is 19.3. The highest BCUT2D eigenvalue weighted by molar-refractivity contribution is 6.01. The number of fused-ring (bicyclic) bond motifs is 3. The molecule has 68 heavy (non-hydrogen) atoms. The highest BCUT2D eigenvalue weighted by atomic mass is 16.5. The van der Waals surface area contributed by atoms with E-state index in [2.05, 4.69) is 56.3 Å². The lowest BCUT2D eigenvalue weighted by atomic mass is 9.90. The van der Waals surface area contributed by atoms with Crippen LogP contribution in [-0.2, 0) is 20.9 Å². The third kappa shape index (κ3) is 8.79. The summed E-state index contributed by atoms with van der Waals surface area (Å²) in [4.78, 5) is 53.1. The van der Waals surface area contributed by atoms with E-state index in [1.165, 1.54) is 5.56 Å². The quantitative estimate of drug-likeness (QED) is 0.0470. The molecule has 3 aromatic carbocycles. The zero-order chi connectivity index (χ0) is 47.1. The Morgan fingerprint density at radius 1 is 1.03 bits per heavy atom. The fraction of sp³-hybridized carbons (Fsp3) is 0.481. The van der Waals surface area contributed by atoms with Gasteiger partial charge in [0.2, 0.25) is 5.91 Å². The van der Waals surface area contributed by atoms with Gasteiger partial charge in [-0.3, -0.25) is 19.7 Å². The van der Waals surface area contributed by atoms with Crippen molar-refractivity contribution in [2.75, 3.05) is 55.5 Å². The molecule has 4 aliphatic heterocycles. The summed E-state index contributed by atoms with van der Waals surface area (Å²) >= 11 is 0. The van der Waals surface area contributed by atoms with Gasteiger partial charge in [0.25, 0.3) is 0 Å². The van der Waals surface area contributed by atoms with E-state index in [9.17, 15) is 14.4 Å². The summed E-state index contributed by atoms with van der Waals surface area (Å²) in [6.45, 7) is 11.7. The Morgan fingerprint density at radius 3 is 2.57 bits per heavy atom. The molecular formula is C52H62N10O6. The number of anilines is 3. The van der Waals surface area contributed by atoms with E-state index in [1.54, 1.807) is 22.0 Å². The van der Waals surface area contributed by atoms with Crippen molar-refractivity contribution in [3.8, 4) is 34.0 Å². The number of carbonyl (C=O) groups excluding carboxylic acids is 3. The summed E-state index contributed by atoms with van der Waals surface area (Å²) < 4.78 is 21.2. The van der Waals surface area contributed by atoms with Gasteiger partial charge < -0.3 is 39.4 Å². The molecule has 0 spiro atoms. The van der Waals surface area contributed by atoms with E-state index in [0.717, 1.165) is 115 Å². The number of nitrogens with zero attached hydrogens (tertiary/aromatic N) is 7. The molecule has 5 fully saturated rings. The average molecular weight is 923 g/mol. The van der Waals surface area contributed by atoms with Crippen molar-refractivity contribution in [3.05, 3.63) is 71.0 Å². The molecule has 2 aromatic heterocycles. The summed E-state index contributed by atoms with van der Waals surface area (Å²) in [5, 5.41) is 17.0. The number of hydrazone groups is 1. The van der Waals surface area contributed by atoms with Crippen molar-refractivity contribution in [1.29, 1.82) is 0 Å². The summed E-state index contributed by atoms with van der Waals surface area (Å²) in [5.74, 6) is 1.58. The molecule has 2 bridgehead atoms. The van der Waals surface area contributed by atoms with Crippen LogP contribution in [0.15, 0.2) is 53.8 Å². The Hall–Kier alpha value is -6.39. The number of nitrogens with one attached hydrogen (secondary N) is 3. The van der Waals surface area contributed by atoms with Gasteiger partial charge in [-0.15, -0.1) is 0 Å². The lowest BCUT2D eigenvalue weighted by molar-refractivity contribution is -0.139. The maximum Gasteiger partial charge on any atom is 0.319 e. The van der Waals surface area contributed by atoms with Gasteiger partial charge in [-0.25, -0.2) is 0 Å². The number of amides is 1. The van der Waals surface area contributed by atoms with Gasteiger partial charge in [0.15, 0.2) is 12.0 Å². The van der Waals surface area contributed by atoms with Crippen molar-refractivity contribution < 1.29 is 28.6 Å². The first-order chi connectivity index (χ1) is 33.2. The Balaban J connectivity index is 1.07. The third-order valence-corrected chi connectivity index (χ3v) is 14.4. The number of rotatable bonds is 17. The van der Waals surface area contributed by atoms with E-state index >= 15 is 0 Å². The molecule has 4 saturated heterocycles. The second kappa shape index (κ2) is 19.3. The first-order valence-corrected chi connectivity index (χ1v) is 24.4. The monoisotopic (exact) mass is 922 g/mol. The molecule has 16 heteroatoms. The Bertz CT molecular complexity index is 2740. The maximum atomic E-state index is 14.0. The normalized spacial score (nSPS) is 21.0. The number of hydrogen-bond acceptors (Lipinski definition) is 14.